The molecule has 0 radical (unpaired) electrons. The zero-order valence-corrected chi connectivity index (χ0v) is 12.3. The Morgan fingerprint density at radius 1 is 1.47 bits per heavy atom. The van der Waals surface area contributed by atoms with E-state index in [1.807, 2.05) is 17.2 Å². The Morgan fingerprint density at radius 3 is 3.05 bits per heavy atom. The summed E-state index contributed by atoms with van der Waals surface area (Å²) in [6.07, 6.45) is 2.16. The molecule has 1 aliphatic heterocycles. The monoisotopic (exact) mass is 293 g/mol. The van der Waals surface area contributed by atoms with Crippen LogP contribution < -0.4 is 0 Å². The molecule has 0 aliphatic carbocycles. The van der Waals surface area contributed by atoms with Crippen molar-refractivity contribution in [1.82, 2.24) is 14.9 Å². The van der Waals surface area contributed by atoms with Gasteiger partial charge in [0.05, 0.1) is 10.5 Å². The number of rotatable bonds is 2. The molecule has 3 heterocycles. The molecule has 2 aromatic rings. The first-order chi connectivity index (χ1) is 9.24. The highest BCUT2D eigenvalue weighted by atomic mass is 32.1. The Bertz CT molecular complexity index is 564. The molecule has 0 N–H and O–H groups in total. The van der Waals surface area contributed by atoms with Crippen molar-refractivity contribution in [3.8, 4) is 0 Å². The van der Waals surface area contributed by atoms with E-state index in [1.54, 1.807) is 16.8 Å². The van der Waals surface area contributed by atoms with Gasteiger partial charge in [0.2, 0.25) is 0 Å². The zero-order valence-electron chi connectivity index (χ0n) is 10.7. The second-order valence-electron chi connectivity index (χ2n) is 4.79. The number of carbonyl (C=O) groups is 1. The SMILES string of the molecule is Cc1csc(C2CCCN(C(=O)c3cscn3)C2)n1. The van der Waals surface area contributed by atoms with Crippen LogP contribution in [0.25, 0.3) is 0 Å². The summed E-state index contributed by atoms with van der Waals surface area (Å²) in [6, 6.07) is 0. The average molecular weight is 293 g/mol. The van der Waals surface area contributed by atoms with Crippen LogP contribution in [-0.4, -0.2) is 33.9 Å². The van der Waals surface area contributed by atoms with E-state index < -0.39 is 0 Å². The summed E-state index contributed by atoms with van der Waals surface area (Å²) in [5.41, 5.74) is 3.35. The molecule has 1 amide bonds. The van der Waals surface area contributed by atoms with E-state index in [9.17, 15) is 4.79 Å². The number of amides is 1. The van der Waals surface area contributed by atoms with Gasteiger partial charge in [0.1, 0.15) is 5.69 Å². The molecule has 1 atom stereocenters. The highest BCUT2D eigenvalue weighted by molar-refractivity contribution is 7.09. The van der Waals surface area contributed by atoms with Crippen molar-refractivity contribution in [1.29, 1.82) is 0 Å². The zero-order chi connectivity index (χ0) is 13.2. The van der Waals surface area contributed by atoms with E-state index >= 15 is 0 Å². The van der Waals surface area contributed by atoms with Crippen LogP contribution in [0, 0.1) is 6.92 Å². The predicted octanol–water partition coefficient (Wildman–Crippen LogP) is 2.93. The summed E-state index contributed by atoms with van der Waals surface area (Å²) < 4.78 is 0. The number of hydrogen-bond acceptors (Lipinski definition) is 5. The molecule has 1 unspecified atom stereocenters. The highest BCUT2D eigenvalue weighted by Crippen LogP contribution is 2.29. The summed E-state index contributed by atoms with van der Waals surface area (Å²) in [5.74, 6) is 0.439. The van der Waals surface area contributed by atoms with E-state index in [0.29, 0.717) is 11.6 Å². The Balaban J connectivity index is 1.73. The minimum Gasteiger partial charge on any atom is -0.337 e. The molecule has 0 aromatic carbocycles. The van der Waals surface area contributed by atoms with E-state index in [2.05, 4.69) is 15.3 Å². The molecule has 1 aliphatic rings. The predicted molar refractivity (Wildman–Crippen MR) is 76.8 cm³/mol. The number of hydrogen-bond donors (Lipinski definition) is 0. The third-order valence-corrected chi connectivity index (χ3v) is 5.06. The molecule has 4 nitrogen and oxygen atoms in total. The van der Waals surface area contributed by atoms with Gasteiger partial charge in [-0.3, -0.25) is 4.79 Å². The first-order valence-electron chi connectivity index (χ1n) is 6.33. The number of nitrogens with zero attached hydrogens (tertiary/aromatic N) is 3. The van der Waals surface area contributed by atoms with Gasteiger partial charge in [-0.15, -0.1) is 22.7 Å². The second-order valence-corrected chi connectivity index (χ2v) is 6.40. The Morgan fingerprint density at radius 2 is 2.37 bits per heavy atom. The topological polar surface area (TPSA) is 46.1 Å². The molecule has 6 heteroatoms. The average Bonchev–Trinajstić information content (AvgIpc) is 3.09. The van der Waals surface area contributed by atoms with Gasteiger partial charge >= 0.3 is 0 Å². The van der Waals surface area contributed by atoms with Crippen LogP contribution in [0.3, 0.4) is 0 Å². The van der Waals surface area contributed by atoms with Crippen LogP contribution in [0.1, 0.15) is 39.9 Å². The fourth-order valence-electron chi connectivity index (χ4n) is 2.40. The molecule has 1 fully saturated rings. The van der Waals surface area contributed by atoms with E-state index in [4.69, 9.17) is 0 Å². The van der Waals surface area contributed by atoms with Gasteiger partial charge in [-0.25, -0.2) is 9.97 Å². The lowest BCUT2D eigenvalue weighted by atomic mass is 9.98. The van der Waals surface area contributed by atoms with Gasteiger partial charge in [-0.05, 0) is 19.8 Å². The summed E-state index contributed by atoms with van der Waals surface area (Å²) in [4.78, 5) is 22.9. The van der Waals surface area contributed by atoms with Crippen LogP contribution in [-0.2, 0) is 0 Å². The Kier molecular flexibility index (Phi) is 3.61. The fraction of sp³-hybridized carbons (Fsp3) is 0.462. The minimum absolute atomic E-state index is 0.0548. The molecule has 0 bridgehead atoms. The summed E-state index contributed by atoms with van der Waals surface area (Å²) in [7, 11) is 0. The Hall–Kier alpha value is -1.27. The normalized spacial score (nSPS) is 19.6. The molecule has 0 saturated carbocycles. The van der Waals surface area contributed by atoms with Crippen LogP contribution in [0.4, 0.5) is 0 Å². The number of piperidine rings is 1. The van der Waals surface area contributed by atoms with Gasteiger partial charge in [0, 0.05) is 35.5 Å². The maximum absolute atomic E-state index is 12.3. The van der Waals surface area contributed by atoms with Crippen molar-refractivity contribution in [2.24, 2.45) is 0 Å². The largest absolute Gasteiger partial charge is 0.337 e. The maximum Gasteiger partial charge on any atom is 0.273 e. The lowest BCUT2D eigenvalue weighted by molar-refractivity contribution is 0.0702. The molecular weight excluding hydrogens is 278 g/mol. The quantitative estimate of drug-likeness (QED) is 0.855. The Labute approximate surface area is 120 Å². The van der Waals surface area contributed by atoms with Crippen LogP contribution in [0.5, 0.6) is 0 Å². The third kappa shape index (κ3) is 2.69. The summed E-state index contributed by atoms with van der Waals surface area (Å²) in [5, 5.41) is 5.06. The molecule has 2 aromatic heterocycles. The maximum atomic E-state index is 12.3. The van der Waals surface area contributed by atoms with E-state index in [1.165, 1.54) is 11.3 Å². The number of aromatic nitrogens is 2. The molecule has 1 saturated heterocycles. The summed E-state index contributed by atoms with van der Waals surface area (Å²) in [6.45, 7) is 3.61. The third-order valence-electron chi connectivity index (χ3n) is 3.35. The van der Waals surface area contributed by atoms with Gasteiger partial charge in [0.25, 0.3) is 5.91 Å². The number of thiazole rings is 2. The van der Waals surface area contributed by atoms with Gasteiger partial charge in [-0.1, -0.05) is 0 Å². The molecule has 19 heavy (non-hydrogen) atoms. The van der Waals surface area contributed by atoms with Crippen molar-refractivity contribution >= 4 is 28.6 Å². The van der Waals surface area contributed by atoms with Crippen LogP contribution >= 0.6 is 22.7 Å². The first kappa shape index (κ1) is 12.7. The van der Waals surface area contributed by atoms with Crippen molar-refractivity contribution in [3.05, 3.63) is 32.7 Å². The highest BCUT2D eigenvalue weighted by Gasteiger charge is 2.27. The van der Waals surface area contributed by atoms with Crippen LogP contribution in [0.2, 0.25) is 0 Å². The van der Waals surface area contributed by atoms with Crippen molar-refractivity contribution in [3.63, 3.8) is 0 Å². The van der Waals surface area contributed by atoms with Crippen molar-refractivity contribution in [2.75, 3.05) is 13.1 Å². The van der Waals surface area contributed by atoms with E-state index in [-0.39, 0.29) is 5.91 Å². The number of likely N-dealkylation sites (tertiary alicyclic amines) is 1. The standard InChI is InChI=1S/C13H15N3OS2/c1-9-6-19-12(15-9)10-3-2-4-16(5-10)13(17)11-7-18-8-14-11/h6-8,10H,2-5H2,1H3. The minimum atomic E-state index is 0.0548. The molecule has 100 valence electrons. The van der Waals surface area contributed by atoms with Crippen LogP contribution in [0.15, 0.2) is 16.3 Å². The summed E-state index contributed by atoms with van der Waals surface area (Å²) >= 11 is 3.17. The van der Waals surface area contributed by atoms with Gasteiger partial charge < -0.3 is 4.90 Å². The number of carbonyl (C=O) groups excluding carboxylic acids is 1. The molecular formula is C13H15N3OS2. The lowest BCUT2D eigenvalue weighted by Crippen LogP contribution is -2.39. The number of aryl methyl sites for hydroxylation is 1. The smallest absolute Gasteiger partial charge is 0.273 e. The van der Waals surface area contributed by atoms with Gasteiger partial charge in [0.15, 0.2) is 0 Å². The van der Waals surface area contributed by atoms with Crippen molar-refractivity contribution < 1.29 is 4.79 Å². The molecule has 0 spiro atoms. The lowest BCUT2D eigenvalue weighted by Gasteiger charge is -2.31. The van der Waals surface area contributed by atoms with Crippen molar-refractivity contribution in [2.45, 2.75) is 25.7 Å². The fourth-order valence-corrected chi connectivity index (χ4v) is 3.85. The molecule has 3 rings (SSSR count). The second kappa shape index (κ2) is 5.38. The van der Waals surface area contributed by atoms with Gasteiger partial charge in [-0.2, -0.15) is 0 Å². The first-order valence-corrected chi connectivity index (χ1v) is 8.16. The van der Waals surface area contributed by atoms with E-state index in [0.717, 1.165) is 36.6 Å².